The van der Waals surface area contributed by atoms with Gasteiger partial charge in [0.25, 0.3) is 5.52 Å². The Morgan fingerprint density at radius 2 is 2.33 bits per heavy atom. The zero-order chi connectivity index (χ0) is 10.4. The summed E-state index contributed by atoms with van der Waals surface area (Å²) in [7, 11) is 0. The van der Waals surface area contributed by atoms with Gasteiger partial charge in [0.2, 0.25) is 5.52 Å². The van der Waals surface area contributed by atoms with E-state index in [1.807, 2.05) is 6.07 Å². The summed E-state index contributed by atoms with van der Waals surface area (Å²) in [6, 6.07) is 5.40. The Labute approximate surface area is 88.3 Å². The molecule has 3 rings (SSSR count). The number of hydrogen-bond acceptors (Lipinski definition) is 2. The second kappa shape index (κ2) is 2.80. The van der Waals surface area contributed by atoms with Crippen LogP contribution >= 0.6 is 11.6 Å². The highest BCUT2D eigenvalue weighted by atomic mass is 35.5. The van der Waals surface area contributed by atoms with Gasteiger partial charge in [-0.2, -0.15) is 5.10 Å². The van der Waals surface area contributed by atoms with E-state index in [1.165, 1.54) is 0 Å². The average molecular weight is 222 g/mol. The van der Waals surface area contributed by atoms with Gasteiger partial charge in [-0.15, -0.1) is 0 Å². The molecule has 0 bridgehead atoms. The van der Waals surface area contributed by atoms with Crippen molar-refractivity contribution in [3.8, 4) is 0 Å². The van der Waals surface area contributed by atoms with Crippen LogP contribution in [0.2, 0.25) is 5.02 Å². The van der Waals surface area contributed by atoms with Crippen molar-refractivity contribution in [2.75, 3.05) is 0 Å². The van der Waals surface area contributed by atoms with E-state index >= 15 is 0 Å². The maximum atomic E-state index is 11.3. The minimum atomic E-state index is 0.453. The second-order valence-electron chi connectivity index (χ2n) is 3.19. The van der Waals surface area contributed by atoms with Gasteiger partial charge >= 0.3 is 0 Å². The number of nitrogens with one attached hydrogen (secondary N) is 2. The van der Waals surface area contributed by atoms with Crippen LogP contribution < -0.4 is 4.54 Å². The van der Waals surface area contributed by atoms with Crippen LogP contribution in [0.25, 0.3) is 21.9 Å². The van der Waals surface area contributed by atoms with Gasteiger partial charge in [-0.05, 0) is 11.0 Å². The van der Waals surface area contributed by atoms with Crippen LogP contribution in [0.1, 0.15) is 0 Å². The van der Waals surface area contributed by atoms with Crippen LogP contribution in [0.15, 0.2) is 24.4 Å². The molecule has 0 unspecified atom stereocenters. The zero-order valence-electron chi connectivity index (χ0n) is 7.49. The van der Waals surface area contributed by atoms with E-state index in [2.05, 4.69) is 15.3 Å². The number of pyridine rings is 1. The lowest BCUT2D eigenvalue weighted by molar-refractivity contribution is -0.537. The van der Waals surface area contributed by atoms with Crippen LogP contribution in [0.4, 0.5) is 0 Å². The van der Waals surface area contributed by atoms with E-state index in [0.29, 0.717) is 26.1 Å². The summed E-state index contributed by atoms with van der Waals surface area (Å²) in [5, 5.41) is 6.41. The van der Waals surface area contributed by atoms with Crippen molar-refractivity contribution < 1.29 is 4.54 Å². The van der Waals surface area contributed by atoms with E-state index in [4.69, 9.17) is 11.6 Å². The molecule has 0 aliphatic heterocycles. The van der Waals surface area contributed by atoms with Crippen LogP contribution in [-0.2, 0) is 0 Å². The van der Waals surface area contributed by atoms with E-state index in [1.54, 1.807) is 18.3 Å². The van der Waals surface area contributed by atoms with Crippen molar-refractivity contribution in [3.63, 3.8) is 0 Å². The topological polar surface area (TPSA) is 67.4 Å². The molecule has 0 atom stereocenters. The Morgan fingerprint density at radius 3 is 3.20 bits per heavy atom. The van der Waals surface area contributed by atoms with Crippen LogP contribution in [0, 0.1) is 4.91 Å². The molecule has 0 spiro atoms. The number of fused-ring (bicyclic) bond motifs is 2. The smallest absolute Gasteiger partial charge is 0.251 e. The van der Waals surface area contributed by atoms with E-state index in [0.717, 1.165) is 5.39 Å². The summed E-state index contributed by atoms with van der Waals surface area (Å²) in [6.45, 7) is 0. The van der Waals surface area contributed by atoms with Gasteiger partial charge in [-0.25, -0.2) is 0 Å². The first-order valence-corrected chi connectivity index (χ1v) is 4.71. The molecule has 0 radical (unpaired) electrons. The summed E-state index contributed by atoms with van der Waals surface area (Å²) in [6.07, 6.45) is 1.66. The number of nitrogens with zero attached hydrogens (tertiary/aromatic N) is 2. The van der Waals surface area contributed by atoms with Crippen LogP contribution in [0.3, 0.4) is 0 Å². The fourth-order valence-corrected chi connectivity index (χ4v) is 1.92. The third kappa shape index (κ3) is 1.07. The monoisotopic (exact) mass is 221 g/mol. The first-order valence-electron chi connectivity index (χ1n) is 4.33. The van der Waals surface area contributed by atoms with E-state index < -0.39 is 0 Å². The molecule has 1 aromatic carbocycles. The highest BCUT2D eigenvalue weighted by Crippen LogP contribution is 2.27. The SMILES string of the molecule is O=[n+]1[nH][nH]c2c(Cl)c3ncccc3cc21. The zero-order valence-corrected chi connectivity index (χ0v) is 8.25. The molecule has 74 valence electrons. The standard InChI is InChI=1S/C9H6ClN4O/c10-7-8-5(2-1-3-11-8)4-6-9(7)12-13-14(6)15/h1-4H,(H2,12,13,15)/q+1. The predicted octanol–water partition coefficient (Wildman–Crippen LogP) is 1.61. The third-order valence-corrected chi connectivity index (χ3v) is 2.68. The maximum absolute atomic E-state index is 11.3. The number of rotatable bonds is 0. The lowest BCUT2D eigenvalue weighted by Gasteiger charge is -1.95. The lowest BCUT2D eigenvalue weighted by atomic mass is 10.2. The fourth-order valence-electron chi connectivity index (χ4n) is 1.61. The lowest BCUT2D eigenvalue weighted by Crippen LogP contribution is -2.14. The van der Waals surface area contributed by atoms with E-state index in [9.17, 15) is 4.91 Å². The Hall–Kier alpha value is -1.88. The molecule has 5 nitrogen and oxygen atoms in total. The quantitative estimate of drug-likeness (QED) is 0.567. The summed E-state index contributed by atoms with van der Waals surface area (Å²) in [5.74, 6) is 0. The normalized spacial score (nSPS) is 11.3. The molecular formula is C9H6ClN4O+. The van der Waals surface area contributed by atoms with Gasteiger partial charge in [0.1, 0.15) is 5.02 Å². The molecule has 0 fully saturated rings. The Kier molecular flexibility index (Phi) is 1.58. The molecule has 2 heterocycles. The Morgan fingerprint density at radius 1 is 1.47 bits per heavy atom. The summed E-state index contributed by atoms with van der Waals surface area (Å²) >= 11 is 6.12. The van der Waals surface area contributed by atoms with Crippen LogP contribution in [-0.4, -0.2) is 15.3 Å². The van der Waals surface area contributed by atoms with Crippen molar-refractivity contribution >= 4 is 33.5 Å². The second-order valence-corrected chi connectivity index (χ2v) is 3.57. The third-order valence-electron chi connectivity index (χ3n) is 2.32. The van der Waals surface area contributed by atoms with Crippen molar-refractivity contribution in [2.24, 2.45) is 0 Å². The first-order chi connectivity index (χ1) is 7.27. The first kappa shape index (κ1) is 8.43. The molecule has 15 heavy (non-hydrogen) atoms. The molecule has 2 aromatic heterocycles. The molecule has 0 saturated carbocycles. The number of benzene rings is 1. The summed E-state index contributed by atoms with van der Waals surface area (Å²) < 4.78 is 0.633. The van der Waals surface area contributed by atoms with E-state index in [-0.39, 0.29) is 0 Å². The summed E-state index contributed by atoms with van der Waals surface area (Å²) in [4.78, 5) is 15.5. The average Bonchev–Trinajstić information content (AvgIpc) is 2.62. The minimum absolute atomic E-state index is 0.453. The maximum Gasteiger partial charge on any atom is 0.251 e. The van der Waals surface area contributed by atoms with Gasteiger partial charge in [0.05, 0.1) is 10.1 Å². The predicted molar refractivity (Wildman–Crippen MR) is 56.3 cm³/mol. The van der Waals surface area contributed by atoms with Crippen molar-refractivity contribution in [1.82, 2.24) is 15.3 Å². The van der Waals surface area contributed by atoms with Gasteiger partial charge in [-0.3, -0.25) is 4.98 Å². The molecule has 0 saturated heterocycles. The largest absolute Gasteiger partial charge is 0.255 e. The Balaban J connectivity index is 2.67. The molecule has 3 aromatic rings. The Bertz CT molecular complexity index is 715. The minimum Gasteiger partial charge on any atom is -0.255 e. The van der Waals surface area contributed by atoms with Crippen molar-refractivity contribution in [3.05, 3.63) is 34.3 Å². The number of aromatic amines is 2. The molecule has 0 aliphatic rings. The number of H-pyrrole nitrogens is 2. The van der Waals surface area contributed by atoms with Gasteiger partial charge in [-0.1, -0.05) is 22.9 Å². The molecule has 0 amide bonds. The number of hydrogen-bond donors (Lipinski definition) is 2. The highest BCUT2D eigenvalue weighted by Gasteiger charge is 2.15. The van der Waals surface area contributed by atoms with Gasteiger partial charge in [0.15, 0.2) is 0 Å². The highest BCUT2D eigenvalue weighted by molar-refractivity contribution is 6.39. The number of halogens is 1. The molecule has 0 aliphatic carbocycles. The van der Waals surface area contributed by atoms with Crippen LogP contribution in [0.5, 0.6) is 0 Å². The number of aromatic nitrogens is 4. The molecule has 6 heteroatoms. The fraction of sp³-hybridized carbons (Fsp3) is 0. The van der Waals surface area contributed by atoms with Crippen molar-refractivity contribution in [1.29, 1.82) is 0 Å². The van der Waals surface area contributed by atoms with Crippen molar-refractivity contribution in [2.45, 2.75) is 0 Å². The van der Waals surface area contributed by atoms with Gasteiger partial charge < -0.3 is 0 Å². The summed E-state index contributed by atoms with van der Waals surface area (Å²) in [5.41, 5.74) is 1.72. The molecule has 2 N–H and O–H groups in total. The van der Waals surface area contributed by atoms with Gasteiger partial charge in [0, 0.05) is 17.6 Å². The molecular weight excluding hydrogens is 216 g/mol.